The number of carbonyl (C=O) groups is 2. The standard InChI is InChI=1S/C21H26N2O3/c1-15(2)13-14-26-20-8-6-5-7-19(20)21(25)22-17-9-11-18(12-10-17)23(4)16(3)24/h5-12,15H,13-14H2,1-4H3,(H,22,25). The third kappa shape index (κ3) is 5.34. The van der Waals surface area contributed by atoms with E-state index in [1.54, 1.807) is 48.3 Å². The number of hydrogen-bond acceptors (Lipinski definition) is 3. The molecule has 0 saturated heterocycles. The first kappa shape index (κ1) is 19.5. The summed E-state index contributed by atoms with van der Waals surface area (Å²) in [5.41, 5.74) is 1.93. The van der Waals surface area contributed by atoms with Gasteiger partial charge in [-0.15, -0.1) is 0 Å². The summed E-state index contributed by atoms with van der Waals surface area (Å²) in [7, 11) is 1.71. The smallest absolute Gasteiger partial charge is 0.259 e. The molecule has 5 heteroatoms. The van der Waals surface area contributed by atoms with Crippen molar-refractivity contribution >= 4 is 23.2 Å². The number of nitrogens with zero attached hydrogens (tertiary/aromatic N) is 1. The van der Waals surface area contributed by atoms with Gasteiger partial charge in [-0.1, -0.05) is 26.0 Å². The Balaban J connectivity index is 2.07. The summed E-state index contributed by atoms with van der Waals surface area (Å²) in [6.07, 6.45) is 0.932. The Morgan fingerprint density at radius 1 is 1.08 bits per heavy atom. The fourth-order valence-electron chi connectivity index (χ4n) is 2.33. The van der Waals surface area contributed by atoms with E-state index in [-0.39, 0.29) is 11.8 Å². The van der Waals surface area contributed by atoms with Crippen molar-refractivity contribution in [3.05, 3.63) is 54.1 Å². The van der Waals surface area contributed by atoms with Crippen molar-refractivity contribution < 1.29 is 14.3 Å². The van der Waals surface area contributed by atoms with Gasteiger partial charge in [-0.2, -0.15) is 0 Å². The van der Waals surface area contributed by atoms with E-state index in [2.05, 4.69) is 19.2 Å². The van der Waals surface area contributed by atoms with E-state index in [0.29, 0.717) is 29.5 Å². The van der Waals surface area contributed by atoms with E-state index in [1.807, 2.05) is 12.1 Å². The molecule has 2 aromatic rings. The molecule has 2 aromatic carbocycles. The Hall–Kier alpha value is -2.82. The van der Waals surface area contributed by atoms with E-state index in [1.165, 1.54) is 6.92 Å². The number of amides is 2. The predicted octanol–water partition coefficient (Wildman–Crippen LogP) is 4.35. The number of anilines is 2. The quantitative estimate of drug-likeness (QED) is 0.804. The van der Waals surface area contributed by atoms with Gasteiger partial charge in [-0.25, -0.2) is 0 Å². The lowest BCUT2D eigenvalue weighted by atomic mass is 10.1. The normalized spacial score (nSPS) is 10.5. The van der Waals surface area contributed by atoms with Gasteiger partial charge >= 0.3 is 0 Å². The number of ether oxygens (including phenoxy) is 1. The first-order valence-corrected chi connectivity index (χ1v) is 8.76. The van der Waals surface area contributed by atoms with Gasteiger partial charge in [0.15, 0.2) is 0 Å². The largest absolute Gasteiger partial charge is 0.493 e. The predicted molar refractivity (Wildman–Crippen MR) is 105 cm³/mol. The van der Waals surface area contributed by atoms with Crippen molar-refractivity contribution in [2.75, 3.05) is 23.9 Å². The second-order valence-electron chi connectivity index (χ2n) is 6.61. The fourth-order valence-corrected chi connectivity index (χ4v) is 2.33. The molecule has 0 unspecified atom stereocenters. The molecular weight excluding hydrogens is 328 g/mol. The molecule has 138 valence electrons. The second kappa shape index (κ2) is 9.04. The Bertz CT molecular complexity index is 754. The average Bonchev–Trinajstić information content (AvgIpc) is 2.61. The highest BCUT2D eigenvalue weighted by atomic mass is 16.5. The maximum Gasteiger partial charge on any atom is 0.259 e. The van der Waals surface area contributed by atoms with Gasteiger partial charge in [0.25, 0.3) is 5.91 Å². The Morgan fingerprint density at radius 3 is 2.35 bits per heavy atom. The molecule has 1 N–H and O–H groups in total. The first-order valence-electron chi connectivity index (χ1n) is 8.76. The van der Waals surface area contributed by atoms with Crippen molar-refractivity contribution in [2.45, 2.75) is 27.2 Å². The van der Waals surface area contributed by atoms with E-state index >= 15 is 0 Å². The highest BCUT2D eigenvalue weighted by Gasteiger charge is 2.13. The summed E-state index contributed by atoms with van der Waals surface area (Å²) >= 11 is 0. The van der Waals surface area contributed by atoms with Crippen LogP contribution >= 0.6 is 0 Å². The lowest BCUT2D eigenvalue weighted by Crippen LogP contribution is -2.22. The van der Waals surface area contributed by atoms with E-state index in [4.69, 9.17) is 4.74 Å². The second-order valence-corrected chi connectivity index (χ2v) is 6.61. The molecule has 0 aliphatic rings. The molecule has 0 spiro atoms. The van der Waals surface area contributed by atoms with Gasteiger partial charge in [-0.05, 0) is 48.7 Å². The summed E-state index contributed by atoms with van der Waals surface area (Å²) in [4.78, 5) is 25.5. The Labute approximate surface area is 155 Å². The minimum atomic E-state index is -0.224. The van der Waals surface area contributed by atoms with E-state index in [0.717, 1.165) is 12.1 Å². The van der Waals surface area contributed by atoms with Gasteiger partial charge < -0.3 is 15.0 Å². The SMILES string of the molecule is CC(=O)N(C)c1ccc(NC(=O)c2ccccc2OCCC(C)C)cc1. The zero-order valence-electron chi connectivity index (χ0n) is 15.8. The number of hydrogen-bond donors (Lipinski definition) is 1. The highest BCUT2D eigenvalue weighted by Crippen LogP contribution is 2.22. The van der Waals surface area contributed by atoms with Gasteiger partial charge in [0.2, 0.25) is 5.91 Å². The minimum Gasteiger partial charge on any atom is -0.493 e. The maximum atomic E-state index is 12.6. The van der Waals surface area contributed by atoms with Crippen LogP contribution in [0.4, 0.5) is 11.4 Å². The zero-order chi connectivity index (χ0) is 19.1. The number of rotatable bonds is 7. The third-order valence-corrected chi connectivity index (χ3v) is 4.07. The number of carbonyl (C=O) groups excluding carboxylic acids is 2. The molecule has 0 atom stereocenters. The lowest BCUT2D eigenvalue weighted by Gasteiger charge is -2.16. The van der Waals surface area contributed by atoms with Crippen LogP contribution in [-0.2, 0) is 4.79 Å². The van der Waals surface area contributed by atoms with Gasteiger partial charge in [-0.3, -0.25) is 9.59 Å². The summed E-state index contributed by atoms with van der Waals surface area (Å²) < 4.78 is 5.78. The van der Waals surface area contributed by atoms with Gasteiger partial charge in [0, 0.05) is 25.3 Å². The summed E-state index contributed by atoms with van der Waals surface area (Å²) in [6.45, 7) is 6.35. The monoisotopic (exact) mass is 354 g/mol. The molecule has 0 aliphatic carbocycles. The molecule has 26 heavy (non-hydrogen) atoms. The molecular formula is C21H26N2O3. The molecule has 5 nitrogen and oxygen atoms in total. The van der Waals surface area contributed by atoms with Crippen LogP contribution in [0, 0.1) is 5.92 Å². The minimum absolute atomic E-state index is 0.0470. The Kier molecular flexibility index (Phi) is 6.78. The van der Waals surface area contributed by atoms with Crippen LogP contribution in [0.3, 0.4) is 0 Å². The highest BCUT2D eigenvalue weighted by molar-refractivity contribution is 6.06. The van der Waals surface area contributed by atoms with Crippen molar-refractivity contribution in [3.63, 3.8) is 0 Å². The number of benzene rings is 2. The van der Waals surface area contributed by atoms with Crippen LogP contribution in [0.15, 0.2) is 48.5 Å². The zero-order valence-corrected chi connectivity index (χ0v) is 15.8. The number of para-hydroxylation sites is 1. The molecule has 0 radical (unpaired) electrons. The summed E-state index contributed by atoms with van der Waals surface area (Å²) in [5.74, 6) is 0.855. The molecule has 2 rings (SSSR count). The molecule has 0 fully saturated rings. The van der Waals surface area contributed by atoms with Crippen LogP contribution in [0.25, 0.3) is 0 Å². The van der Waals surface area contributed by atoms with Crippen molar-refractivity contribution in [1.29, 1.82) is 0 Å². The van der Waals surface area contributed by atoms with Crippen LogP contribution in [0.2, 0.25) is 0 Å². The van der Waals surface area contributed by atoms with Crippen LogP contribution < -0.4 is 15.0 Å². The van der Waals surface area contributed by atoms with Crippen LogP contribution in [-0.4, -0.2) is 25.5 Å². The fraction of sp³-hybridized carbons (Fsp3) is 0.333. The molecule has 0 heterocycles. The molecule has 2 amide bonds. The molecule has 0 aromatic heterocycles. The Morgan fingerprint density at radius 2 is 1.73 bits per heavy atom. The van der Waals surface area contributed by atoms with Crippen LogP contribution in [0.5, 0.6) is 5.75 Å². The van der Waals surface area contributed by atoms with Gasteiger partial charge in [0.1, 0.15) is 5.75 Å². The van der Waals surface area contributed by atoms with Crippen molar-refractivity contribution in [1.82, 2.24) is 0 Å². The van der Waals surface area contributed by atoms with Gasteiger partial charge in [0.05, 0.1) is 12.2 Å². The molecule has 0 bridgehead atoms. The average molecular weight is 354 g/mol. The third-order valence-electron chi connectivity index (χ3n) is 4.07. The number of nitrogens with one attached hydrogen (secondary N) is 1. The van der Waals surface area contributed by atoms with E-state index in [9.17, 15) is 9.59 Å². The lowest BCUT2D eigenvalue weighted by molar-refractivity contribution is -0.116. The van der Waals surface area contributed by atoms with Crippen molar-refractivity contribution in [2.24, 2.45) is 5.92 Å². The topological polar surface area (TPSA) is 58.6 Å². The first-order chi connectivity index (χ1) is 12.4. The summed E-state index contributed by atoms with van der Waals surface area (Å²) in [6, 6.07) is 14.4. The summed E-state index contributed by atoms with van der Waals surface area (Å²) in [5, 5.41) is 2.87. The molecule has 0 saturated carbocycles. The molecule has 0 aliphatic heterocycles. The van der Waals surface area contributed by atoms with Crippen LogP contribution in [0.1, 0.15) is 37.6 Å². The van der Waals surface area contributed by atoms with E-state index < -0.39 is 0 Å². The van der Waals surface area contributed by atoms with Crippen molar-refractivity contribution in [3.8, 4) is 5.75 Å². The maximum absolute atomic E-state index is 12.6.